The topological polar surface area (TPSA) is 22.0 Å². The highest BCUT2D eigenvalue weighted by atomic mass is 79.9. The summed E-state index contributed by atoms with van der Waals surface area (Å²) in [5, 5.41) is 0. The van der Waals surface area contributed by atoms with Crippen LogP contribution in [0.25, 0.3) is 0 Å². The summed E-state index contributed by atoms with van der Waals surface area (Å²) >= 11 is 3.38. The SMILES string of the molecule is Cc1cc(Br)c(=O)n(C(c2ccccc2)c2ccccc2)c1. The molecule has 0 bridgehead atoms. The monoisotopic (exact) mass is 353 g/mol. The summed E-state index contributed by atoms with van der Waals surface area (Å²) in [6.45, 7) is 1.99. The Morgan fingerprint density at radius 1 is 0.909 bits per heavy atom. The predicted octanol–water partition coefficient (Wildman–Crippen LogP) is 4.56. The van der Waals surface area contributed by atoms with Crippen molar-refractivity contribution in [3.63, 3.8) is 0 Å². The van der Waals surface area contributed by atoms with E-state index in [1.165, 1.54) is 0 Å². The molecule has 0 aliphatic carbocycles. The maximum absolute atomic E-state index is 12.6. The fourth-order valence-electron chi connectivity index (χ4n) is 2.68. The van der Waals surface area contributed by atoms with Gasteiger partial charge in [0, 0.05) is 6.20 Å². The van der Waals surface area contributed by atoms with Crippen LogP contribution in [0.5, 0.6) is 0 Å². The van der Waals surface area contributed by atoms with Crippen molar-refractivity contribution in [2.24, 2.45) is 0 Å². The van der Waals surface area contributed by atoms with Crippen molar-refractivity contribution < 1.29 is 0 Å². The van der Waals surface area contributed by atoms with Crippen molar-refractivity contribution in [1.29, 1.82) is 0 Å². The van der Waals surface area contributed by atoms with Gasteiger partial charge in [0.25, 0.3) is 5.56 Å². The highest BCUT2D eigenvalue weighted by Gasteiger charge is 2.18. The van der Waals surface area contributed by atoms with Gasteiger partial charge in [-0.15, -0.1) is 0 Å². The Morgan fingerprint density at radius 3 is 1.91 bits per heavy atom. The standard InChI is InChI=1S/C19H16BrNO/c1-14-12-17(20)19(22)21(13-14)18(15-8-4-2-5-9-15)16-10-6-3-7-11-16/h2-13,18H,1H3. The van der Waals surface area contributed by atoms with Crippen LogP contribution in [0, 0.1) is 6.92 Å². The van der Waals surface area contributed by atoms with Crippen molar-refractivity contribution in [2.75, 3.05) is 0 Å². The van der Waals surface area contributed by atoms with E-state index in [9.17, 15) is 4.79 Å². The van der Waals surface area contributed by atoms with Crippen molar-refractivity contribution in [3.05, 3.63) is 104 Å². The highest BCUT2D eigenvalue weighted by Crippen LogP contribution is 2.26. The molecule has 1 aromatic heterocycles. The molecule has 0 aliphatic rings. The van der Waals surface area contributed by atoms with Gasteiger partial charge in [-0.05, 0) is 45.6 Å². The average Bonchev–Trinajstić information content (AvgIpc) is 2.54. The summed E-state index contributed by atoms with van der Waals surface area (Å²) in [6.07, 6.45) is 1.91. The molecule has 0 N–H and O–H groups in total. The third-order valence-electron chi connectivity index (χ3n) is 3.64. The average molecular weight is 354 g/mol. The molecule has 0 unspecified atom stereocenters. The van der Waals surface area contributed by atoms with Gasteiger partial charge in [-0.1, -0.05) is 60.7 Å². The fourth-order valence-corrected chi connectivity index (χ4v) is 3.24. The number of rotatable bonds is 3. The van der Waals surface area contributed by atoms with Crippen LogP contribution in [0.4, 0.5) is 0 Å². The molecule has 3 rings (SSSR count). The Labute approximate surface area is 138 Å². The smallest absolute Gasteiger partial charge is 0.265 e. The molecule has 3 aromatic rings. The third-order valence-corrected chi connectivity index (χ3v) is 4.21. The number of halogens is 1. The van der Waals surface area contributed by atoms with Crippen LogP contribution in [-0.4, -0.2) is 4.57 Å². The van der Waals surface area contributed by atoms with E-state index in [1.54, 1.807) is 4.57 Å². The summed E-state index contributed by atoms with van der Waals surface area (Å²) < 4.78 is 2.38. The lowest BCUT2D eigenvalue weighted by Crippen LogP contribution is -2.26. The van der Waals surface area contributed by atoms with Crippen molar-refractivity contribution in [2.45, 2.75) is 13.0 Å². The Kier molecular flexibility index (Phi) is 4.25. The van der Waals surface area contributed by atoms with E-state index >= 15 is 0 Å². The molecule has 2 aromatic carbocycles. The molecule has 0 aliphatic heterocycles. The summed E-state index contributed by atoms with van der Waals surface area (Å²) in [6, 6.07) is 21.9. The minimum Gasteiger partial charge on any atom is -0.303 e. The van der Waals surface area contributed by atoms with Crippen LogP contribution < -0.4 is 5.56 Å². The van der Waals surface area contributed by atoms with Crippen LogP contribution in [0.1, 0.15) is 22.7 Å². The Balaban J connectivity index is 2.26. The van der Waals surface area contributed by atoms with Crippen LogP contribution in [0.2, 0.25) is 0 Å². The number of aromatic nitrogens is 1. The Morgan fingerprint density at radius 2 is 1.41 bits per heavy atom. The van der Waals surface area contributed by atoms with Gasteiger partial charge in [0.15, 0.2) is 0 Å². The van der Waals surface area contributed by atoms with Crippen molar-refractivity contribution >= 4 is 15.9 Å². The van der Waals surface area contributed by atoms with Crippen LogP contribution in [0.15, 0.2) is 82.2 Å². The van der Waals surface area contributed by atoms with E-state index in [4.69, 9.17) is 0 Å². The Hall–Kier alpha value is -2.13. The maximum Gasteiger partial charge on any atom is 0.265 e. The number of hydrogen-bond acceptors (Lipinski definition) is 1. The van der Waals surface area contributed by atoms with E-state index in [0.717, 1.165) is 16.7 Å². The van der Waals surface area contributed by atoms with Crippen LogP contribution >= 0.6 is 15.9 Å². The normalized spacial score (nSPS) is 10.9. The first-order chi connectivity index (χ1) is 10.7. The zero-order valence-corrected chi connectivity index (χ0v) is 13.8. The lowest BCUT2D eigenvalue weighted by Gasteiger charge is -2.22. The van der Waals surface area contributed by atoms with E-state index in [0.29, 0.717) is 4.47 Å². The van der Waals surface area contributed by atoms with Gasteiger partial charge in [0.05, 0.1) is 10.5 Å². The molecule has 0 radical (unpaired) electrons. The van der Waals surface area contributed by atoms with Gasteiger partial charge in [0.2, 0.25) is 0 Å². The number of pyridine rings is 1. The van der Waals surface area contributed by atoms with E-state index in [-0.39, 0.29) is 11.6 Å². The second kappa shape index (κ2) is 6.32. The molecule has 110 valence electrons. The molecule has 0 atom stereocenters. The first kappa shape index (κ1) is 14.8. The van der Waals surface area contributed by atoms with Gasteiger partial charge >= 0.3 is 0 Å². The van der Waals surface area contributed by atoms with Crippen LogP contribution in [-0.2, 0) is 0 Å². The highest BCUT2D eigenvalue weighted by molar-refractivity contribution is 9.10. The number of benzene rings is 2. The third kappa shape index (κ3) is 2.90. The van der Waals surface area contributed by atoms with Gasteiger partial charge in [-0.3, -0.25) is 4.79 Å². The van der Waals surface area contributed by atoms with E-state index in [2.05, 4.69) is 40.2 Å². The largest absolute Gasteiger partial charge is 0.303 e. The molecular weight excluding hydrogens is 338 g/mol. The molecule has 0 saturated carbocycles. The maximum atomic E-state index is 12.6. The first-order valence-corrected chi connectivity index (χ1v) is 7.94. The second-order valence-corrected chi connectivity index (χ2v) is 6.16. The summed E-state index contributed by atoms with van der Waals surface area (Å²) in [5.74, 6) is 0. The molecule has 22 heavy (non-hydrogen) atoms. The zero-order chi connectivity index (χ0) is 15.5. The second-order valence-electron chi connectivity index (χ2n) is 5.30. The lowest BCUT2D eigenvalue weighted by molar-refractivity contribution is 0.644. The summed E-state index contributed by atoms with van der Waals surface area (Å²) in [7, 11) is 0. The quantitative estimate of drug-likeness (QED) is 0.676. The van der Waals surface area contributed by atoms with Gasteiger partial charge in [0.1, 0.15) is 0 Å². The zero-order valence-electron chi connectivity index (χ0n) is 12.2. The number of hydrogen-bond donors (Lipinski definition) is 0. The molecule has 3 heteroatoms. The van der Waals surface area contributed by atoms with Gasteiger partial charge in [-0.25, -0.2) is 0 Å². The minimum atomic E-state index is -0.133. The Bertz CT molecular complexity index is 786. The molecule has 0 fully saturated rings. The van der Waals surface area contributed by atoms with Gasteiger partial charge < -0.3 is 4.57 Å². The van der Waals surface area contributed by atoms with Crippen molar-refractivity contribution in [3.8, 4) is 0 Å². The fraction of sp³-hybridized carbons (Fsp3) is 0.105. The van der Waals surface area contributed by atoms with Gasteiger partial charge in [-0.2, -0.15) is 0 Å². The van der Waals surface area contributed by atoms with E-state index < -0.39 is 0 Å². The minimum absolute atomic E-state index is 0.0247. The first-order valence-electron chi connectivity index (χ1n) is 7.15. The molecular formula is C19H16BrNO. The molecule has 0 saturated heterocycles. The molecule has 1 heterocycles. The lowest BCUT2D eigenvalue weighted by atomic mass is 9.98. The summed E-state index contributed by atoms with van der Waals surface area (Å²) in [4.78, 5) is 12.6. The van der Waals surface area contributed by atoms with Crippen LogP contribution in [0.3, 0.4) is 0 Å². The summed E-state index contributed by atoms with van der Waals surface area (Å²) in [5.41, 5.74) is 3.20. The van der Waals surface area contributed by atoms with E-state index in [1.807, 2.05) is 55.6 Å². The predicted molar refractivity (Wildman–Crippen MR) is 93.3 cm³/mol. The molecule has 0 amide bonds. The van der Waals surface area contributed by atoms with Crippen molar-refractivity contribution in [1.82, 2.24) is 4.57 Å². The molecule has 0 spiro atoms. The molecule has 2 nitrogen and oxygen atoms in total. The number of aryl methyl sites for hydroxylation is 1. The number of nitrogens with zero attached hydrogens (tertiary/aromatic N) is 1.